The van der Waals surface area contributed by atoms with Crippen LogP contribution in [0.2, 0.25) is 0 Å². The normalized spacial score (nSPS) is 10.0. The third-order valence-corrected chi connectivity index (χ3v) is 2.14. The lowest BCUT2D eigenvalue weighted by Gasteiger charge is -2.07. The van der Waals surface area contributed by atoms with Gasteiger partial charge in [-0.1, -0.05) is 24.3 Å². The van der Waals surface area contributed by atoms with Crippen LogP contribution >= 0.6 is 0 Å². The van der Waals surface area contributed by atoms with Crippen molar-refractivity contribution in [2.24, 2.45) is 0 Å². The maximum Gasteiger partial charge on any atom is 0.0991 e. The Hall–Kier alpha value is -1.83. The van der Waals surface area contributed by atoms with Gasteiger partial charge in [0.05, 0.1) is 6.33 Å². The van der Waals surface area contributed by atoms with Gasteiger partial charge >= 0.3 is 0 Å². The van der Waals surface area contributed by atoms with Crippen LogP contribution in [-0.4, -0.2) is 9.55 Å². The summed E-state index contributed by atoms with van der Waals surface area (Å²) in [5.74, 6) is 0. The second kappa shape index (κ2) is 3.92. The highest BCUT2D eigenvalue weighted by Crippen LogP contribution is 2.14. The molecule has 0 radical (unpaired) electrons. The van der Waals surface area contributed by atoms with Crippen molar-refractivity contribution in [2.45, 2.75) is 6.42 Å². The molecule has 2 nitrogen and oxygen atoms in total. The summed E-state index contributed by atoms with van der Waals surface area (Å²) in [5, 5.41) is 0. The second-order valence-corrected chi connectivity index (χ2v) is 3.09. The summed E-state index contributed by atoms with van der Waals surface area (Å²) in [6, 6.07) is 8.26. The van der Waals surface area contributed by atoms with Crippen LogP contribution in [0, 0.1) is 0 Å². The van der Waals surface area contributed by atoms with Crippen molar-refractivity contribution < 1.29 is 0 Å². The molecule has 14 heavy (non-hydrogen) atoms. The van der Waals surface area contributed by atoms with Gasteiger partial charge in [0.1, 0.15) is 0 Å². The van der Waals surface area contributed by atoms with Crippen molar-refractivity contribution in [1.29, 1.82) is 0 Å². The zero-order valence-electron chi connectivity index (χ0n) is 7.93. The van der Waals surface area contributed by atoms with E-state index in [1.807, 2.05) is 35.3 Å². The summed E-state index contributed by atoms with van der Waals surface area (Å²) < 4.78 is 2.01. The Balaban J connectivity index is 2.46. The van der Waals surface area contributed by atoms with Crippen LogP contribution in [-0.2, 0) is 6.42 Å². The fraction of sp³-hybridized carbons (Fsp3) is 0.0833. The lowest BCUT2D eigenvalue weighted by atomic mass is 10.1. The smallest absolute Gasteiger partial charge is 0.0991 e. The fourth-order valence-electron chi connectivity index (χ4n) is 1.49. The first-order valence-corrected chi connectivity index (χ1v) is 4.59. The van der Waals surface area contributed by atoms with Crippen LogP contribution in [0.15, 0.2) is 55.6 Å². The standard InChI is InChI=1S/C12H12N2/c1-2-5-11-6-3-4-7-12(11)14-9-8-13-10-14/h2-4,6-10H,1,5H2. The maximum absolute atomic E-state index is 4.04. The highest BCUT2D eigenvalue weighted by molar-refractivity contribution is 5.41. The van der Waals surface area contributed by atoms with E-state index in [1.165, 1.54) is 11.3 Å². The monoisotopic (exact) mass is 184 g/mol. The molecule has 0 aliphatic carbocycles. The van der Waals surface area contributed by atoms with E-state index >= 15 is 0 Å². The van der Waals surface area contributed by atoms with Gasteiger partial charge in [-0.25, -0.2) is 4.98 Å². The number of aromatic nitrogens is 2. The van der Waals surface area contributed by atoms with Gasteiger partial charge in [0.2, 0.25) is 0 Å². The van der Waals surface area contributed by atoms with Crippen molar-refractivity contribution >= 4 is 0 Å². The molecular formula is C12H12N2. The second-order valence-electron chi connectivity index (χ2n) is 3.09. The van der Waals surface area contributed by atoms with E-state index in [0.29, 0.717) is 0 Å². The predicted octanol–water partition coefficient (Wildman–Crippen LogP) is 2.60. The Morgan fingerprint density at radius 1 is 1.36 bits per heavy atom. The van der Waals surface area contributed by atoms with Gasteiger partial charge in [-0.15, -0.1) is 6.58 Å². The van der Waals surface area contributed by atoms with Crippen molar-refractivity contribution in [3.63, 3.8) is 0 Å². The molecule has 0 saturated heterocycles. The molecule has 0 unspecified atom stereocenters. The molecule has 1 heterocycles. The number of hydrogen-bond donors (Lipinski definition) is 0. The molecule has 0 spiro atoms. The lowest BCUT2D eigenvalue weighted by Crippen LogP contribution is -1.95. The zero-order chi connectivity index (χ0) is 9.80. The average molecular weight is 184 g/mol. The number of benzene rings is 1. The van der Waals surface area contributed by atoms with Gasteiger partial charge in [0, 0.05) is 18.1 Å². The van der Waals surface area contributed by atoms with Gasteiger partial charge in [-0.2, -0.15) is 0 Å². The topological polar surface area (TPSA) is 17.8 Å². The number of para-hydroxylation sites is 1. The molecule has 0 fully saturated rings. The first kappa shape index (κ1) is 8.75. The van der Waals surface area contributed by atoms with E-state index in [1.54, 1.807) is 6.20 Å². The molecular weight excluding hydrogens is 172 g/mol. The molecule has 0 atom stereocenters. The first-order valence-electron chi connectivity index (χ1n) is 4.59. The molecule has 0 N–H and O–H groups in total. The van der Waals surface area contributed by atoms with Gasteiger partial charge in [0.25, 0.3) is 0 Å². The van der Waals surface area contributed by atoms with Crippen molar-refractivity contribution in [2.75, 3.05) is 0 Å². The van der Waals surface area contributed by atoms with Crippen molar-refractivity contribution in [3.8, 4) is 5.69 Å². The molecule has 0 aliphatic rings. The Morgan fingerprint density at radius 2 is 2.21 bits per heavy atom. The van der Waals surface area contributed by atoms with Crippen LogP contribution in [0.5, 0.6) is 0 Å². The van der Waals surface area contributed by atoms with Gasteiger partial charge in [-0.05, 0) is 18.1 Å². The van der Waals surface area contributed by atoms with E-state index in [9.17, 15) is 0 Å². The van der Waals surface area contributed by atoms with Crippen molar-refractivity contribution in [3.05, 3.63) is 61.2 Å². The molecule has 2 aromatic rings. The fourth-order valence-corrected chi connectivity index (χ4v) is 1.49. The van der Waals surface area contributed by atoms with E-state index < -0.39 is 0 Å². The molecule has 2 rings (SSSR count). The molecule has 70 valence electrons. The number of hydrogen-bond acceptors (Lipinski definition) is 1. The summed E-state index contributed by atoms with van der Waals surface area (Å²) in [4.78, 5) is 4.04. The summed E-state index contributed by atoms with van der Waals surface area (Å²) in [5.41, 5.74) is 2.44. The quantitative estimate of drug-likeness (QED) is 0.670. The number of imidazole rings is 1. The van der Waals surface area contributed by atoms with Crippen LogP contribution in [0.25, 0.3) is 5.69 Å². The SMILES string of the molecule is C=CCc1ccccc1-n1ccnc1. The minimum atomic E-state index is 0.883. The Bertz CT molecular complexity index is 416. The first-order chi connectivity index (χ1) is 6.92. The summed E-state index contributed by atoms with van der Waals surface area (Å²) in [7, 11) is 0. The van der Waals surface area contributed by atoms with E-state index in [2.05, 4.69) is 23.7 Å². The largest absolute Gasteiger partial charge is 0.306 e. The number of rotatable bonds is 3. The van der Waals surface area contributed by atoms with Crippen LogP contribution < -0.4 is 0 Å². The van der Waals surface area contributed by atoms with Gasteiger partial charge in [-0.3, -0.25) is 0 Å². The molecule has 2 heteroatoms. The molecule has 0 amide bonds. The lowest BCUT2D eigenvalue weighted by molar-refractivity contribution is 1.02. The van der Waals surface area contributed by atoms with Gasteiger partial charge in [0.15, 0.2) is 0 Å². The van der Waals surface area contributed by atoms with E-state index in [-0.39, 0.29) is 0 Å². The van der Waals surface area contributed by atoms with Crippen LogP contribution in [0.4, 0.5) is 0 Å². The third-order valence-electron chi connectivity index (χ3n) is 2.14. The molecule has 0 saturated carbocycles. The van der Waals surface area contributed by atoms with Crippen LogP contribution in [0.3, 0.4) is 0 Å². The number of allylic oxidation sites excluding steroid dienone is 1. The van der Waals surface area contributed by atoms with E-state index in [0.717, 1.165) is 6.42 Å². The Morgan fingerprint density at radius 3 is 2.93 bits per heavy atom. The van der Waals surface area contributed by atoms with Crippen molar-refractivity contribution in [1.82, 2.24) is 9.55 Å². The summed E-state index contributed by atoms with van der Waals surface area (Å²) in [6.07, 6.45) is 8.33. The summed E-state index contributed by atoms with van der Waals surface area (Å²) >= 11 is 0. The molecule has 1 aromatic heterocycles. The minimum absolute atomic E-state index is 0.883. The maximum atomic E-state index is 4.04. The van der Waals surface area contributed by atoms with E-state index in [4.69, 9.17) is 0 Å². The molecule has 0 aliphatic heterocycles. The summed E-state index contributed by atoms with van der Waals surface area (Å²) in [6.45, 7) is 3.75. The Labute approximate surface area is 83.5 Å². The van der Waals surface area contributed by atoms with Gasteiger partial charge < -0.3 is 4.57 Å². The highest BCUT2D eigenvalue weighted by atomic mass is 15.0. The minimum Gasteiger partial charge on any atom is -0.306 e. The zero-order valence-corrected chi connectivity index (χ0v) is 7.93. The average Bonchev–Trinajstić information content (AvgIpc) is 2.72. The van der Waals surface area contributed by atoms with Crippen LogP contribution in [0.1, 0.15) is 5.56 Å². The number of nitrogens with zero attached hydrogens (tertiary/aromatic N) is 2. The Kier molecular flexibility index (Phi) is 2.45. The predicted molar refractivity (Wildman–Crippen MR) is 57.5 cm³/mol. The molecule has 1 aromatic carbocycles. The highest BCUT2D eigenvalue weighted by Gasteiger charge is 2.00. The molecule has 0 bridgehead atoms. The third kappa shape index (κ3) is 1.59.